The minimum absolute atomic E-state index is 0.244. The van der Waals surface area contributed by atoms with E-state index in [1.165, 1.54) is 0 Å². The Labute approximate surface area is 147 Å². The highest BCUT2D eigenvalue weighted by atomic mass is 79.9. The predicted molar refractivity (Wildman–Crippen MR) is 92.3 cm³/mol. The number of carbonyl (C=O) groups is 1. The third-order valence-electron chi connectivity index (χ3n) is 3.80. The van der Waals surface area contributed by atoms with E-state index in [9.17, 15) is 4.79 Å². The normalized spacial score (nSPS) is 10.7. The zero-order chi connectivity index (χ0) is 17.1. The Balaban J connectivity index is 1.94. The van der Waals surface area contributed by atoms with Crippen LogP contribution in [0.4, 0.5) is 0 Å². The minimum Gasteiger partial charge on any atom is -0.467 e. The van der Waals surface area contributed by atoms with Crippen LogP contribution in [0.25, 0.3) is 11.0 Å². The van der Waals surface area contributed by atoms with E-state index < -0.39 is 0 Å². The quantitative estimate of drug-likeness (QED) is 0.639. The predicted octanol–water partition coefficient (Wildman–Crippen LogP) is 4.65. The number of rotatable bonds is 5. The van der Waals surface area contributed by atoms with Gasteiger partial charge < -0.3 is 13.7 Å². The molecule has 2 heterocycles. The van der Waals surface area contributed by atoms with E-state index in [1.807, 2.05) is 25.1 Å². The molecule has 122 valence electrons. The Hall–Kier alpha value is -2.52. The molecule has 0 aliphatic rings. The first-order chi connectivity index (χ1) is 11.6. The number of nitriles is 1. The van der Waals surface area contributed by atoms with E-state index in [2.05, 4.69) is 22.0 Å². The van der Waals surface area contributed by atoms with Crippen LogP contribution in [-0.2, 0) is 6.54 Å². The van der Waals surface area contributed by atoms with Gasteiger partial charge >= 0.3 is 0 Å². The van der Waals surface area contributed by atoms with Gasteiger partial charge in [0.05, 0.1) is 25.3 Å². The lowest BCUT2D eigenvalue weighted by Crippen LogP contribution is -2.31. The topological polar surface area (TPSA) is 70.4 Å². The van der Waals surface area contributed by atoms with Gasteiger partial charge in [-0.2, -0.15) is 5.26 Å². The maximum Gasteiger partial charge on any atom is 0.290 e. The lowest BCUT2D eigenvalue weighted by molar-refractivity contribution is 0.0704. The molecule has 1 amide bonds. The van der Waals surface area contributed by atoms with E-state index in [-0.39, 0.29) is 12.3 Å². The van der Waals surface area contributed by atoms with Crippen LogP contribution in [0.1, 0.15) is 28.3 Å². The highest BCUT2D eigenvalue weighted by Gasteiger charge is 2.24. The molecule has 6 heteroatoms. The zero-order valence-electron chi connectivity index (χ0n) is 13.1. The number of fused-ring (bicyclic) bond motifs is 1. The standard InChI is InChI=1S/C18H15BrN2O3/c1-12-15-10-13(19)5-6-16(15)24-17(12)18(22)21(8-3-7-20)11-14-4-2-9-23-14/h2,4-6,9-10H,3,8,11H2,1H3. The van der Waals surface area contributed by atoms with Crippen molar-refractivity contribution >= 4 is 32.8 Å². The Bertz CT molecular complexity index is 906. The van der Waals surface area contributed by atoms with Gasteiger partial charge in [0.25, 0.3) is 5.91 Å². The first-order valence-electron chi connectivity index (χ1n) is 7.47. The van der Waals surface area contributed by atoms with Crippen LogP contribution < -0.4 is 0 Å². The number of benzene rings is 1. The van der Waals surface area contributed by atoms with Crippen LogP contribution >= 0.6 is 15.9 Å². The van der Waals surface area contributed by atoms with Gasteiger partial charge in [-0.25, -0.2) is 0 Å². The minimum atomic E-state index is -0.244. The fourth-order valence-electron chi connectivity index (χ4n) is 2.57. The largest absolute Gasteiger partial charge is 0.467 e. The summed E-state index contributed by atoms with van der Waals surface area (Å²) in [7, 11) is 0. The summed E-state index contributed by atoms with van der Waals surface area (Å²) in [6.45, 7) is 2.48. The molecule has 24 heavy (non-hydrogen) atoms. The van der Waals surface area contributed by atoms with Crippen molar-refractivity contribution in [1.82, 2.24) is 4.90 Å². The third-order valence-corrected chi connectivity index (χ3v) is 4.29. The Morgan fingerprint density at radius 3 is 2.92 bits per heavy atom. The number of hydrogen-bond acceptors (Lipinski definition) is 4. The maximum absolute atomic E-state index is 12.9. The summed E-state index contributed by atoms with van der Waals surface area (Å²) in [6, 6.07) is 11.3. The van der Waals surface area contributed by atoms with Gasteiger partial charge in [-0.05, 0) is 37.3 Å². The van der Waals surface area contributed by atoms with Crippen LogP contribution in [0.3, 0.4) is 0 Å². The zero-order valence-corrected chi connectivity index (χ0v) is 14.7. The number of nitrogens with zero attached hydrogens (tertiary/aromatic N) is 2. The summed E-state index contributed by atoms with van der Waals surface area (Å²) >= 11 is 3.43. The molecule has 0 aliphatic heterocycles. The average Bonchev–Trinajstić information content (AvgIpc) is 3.19. The van der Waals surface area contributed by atoms with Crippen LogP contribution in [0, 0.1) is 18.3 Å². The molecule has 0 saturated carbocycles. The maximum atomic E-state index is 12.9. The average molecular weight is 387 g/mol. The van der Waals surface area contributed by atoms with Crippen molar-refractivity contribution in [3.8, 4) is 6.07 Å². The van der Waals surface area contributed by atoms with Crippen molar-refractivity contribution in [2.75, 3.05) is 6.54 Å². The molecule has 5 nitrogen and oxygen atoms in total. The van der Waals surface area contributed by atoms with Gasteiger partial charge in [-0.3, -0.25) is 4.79 Å². The first-order valence-corrected chi connectivity index (χ1v) is 8.26. The molecular weight excluding hydrogens is 372 g/mol. The number of carbonyl (C=O) groups excluding carboxylic acids is 1. The second kappa shape index (κ2) is 6.93. The highest BCUT2D eigenvalue weighted by molar-refractivity contribution is 9.10. The lowest BCUT2D eigenvalue weighted by atomic mass is 10.1. The molecule has 0 N–H and O–H groups in total. The Morgan fingerprint density at radius 2 is 2.21 bits per heavy atom. The molecule has 2 aromatic heterocycles. The molecule has 0 unspecified atom stereocenters. The monoisotopic (exact) mass is 386 g/mol. The molecule has 3 rings (SSSR count). The molecule has 0 atom stereocenters. The van der Waals surface area contributed by atoms with Crippen molar-refractivity contribution in [1.29, 1.82) is 5.26 Å². The smallest absolute Gasteiger partial charge is 0.290 e. The number of halogens is 1. The molecule has 0 saturated heterocycles. The molecule has 3 aromatic rings. The van der Waals surface area contributed by atoms with Gasteiger partial charge in [-0.15, -0.1) is 0 Å². The van der Waals surface area contributed by atoms with Gasteiger partial charge in [-0.1, -0.05) is 15.9 Å². The van der Waals surface area contributed by atoms with Crippen molar-refractivity contribution in [2.45, 2.75) is 19.9 Å². The molecule has 0 fully saturated rings. The summed E-state index contributed by atoms with van der Waals surface area (Å²) in [5.41, 5.74) is 1.45. The SMILES string of the molecule is Cc1c(C(=O)N(CCC#N)Cc2ccco2)oc2ccc(Br)cc12. The summed E-state index contributed by atoms with van der Waals surface area (Å²) < 4.78 is 12.0. The van der Waals surface area contributed by atoms with Crippen molar-refractivity contribution in [3.05, 3.63) is 58.2 Å². The molecular formula is C18H15BrN2O3. The van der Waals surface area contributed by atoms with Gasteiger partial charge in [0, 0.05) is 22.0 Å². The van der Waals surface area contributed by atoms with E-state index in [4.69, 9.17) is 14.1 Å². The van der Waals surface area contributed by atoms with Crippen LogP contribution in [0.15, 0.2) is 49.9 Å². The lowest BCUT2D eigenvalue weighted by Gasteiger charge is -2.19. The van der Waals surface area contributed by atoms with Crippen LogP contribution in [-0.4, -0.2) is 17.4 Å². The van der Waals surface area contributed by atoms with Crippen LogP contribution in [0.2, 0.25) is 0 Å². The summed E-state index contributed by atoms with van der Waals surface area (Å²) in [5, 5.41) is 9.75. The molecule has 1 aromatic carbocycles. The first kappa shape index (κ1) is 16.3. The number of aryl methyl sites for hydroxylation is 1. The summed E-state index contributed by atoms with van der Waals surface area (Å²) in [4.78, 5) is 14.5. The molecule has 0 aliphatic carbocycles. The third kappa shape index (κ3) is 3.22. The van der Waals surface area contributed by atoms with E-state index >= 15 is 0 Å². The number of amides is 1. The molecule has 0 spiro atoms. The second-order valence-corrected chi connectivity index (χ2v) is 6.33. The Kier molecular flexibility index (Phi) is 4.72. The van der Waals surface area contributed by atoms with Gasteiger partial charge in [0.1, 0.15) is 11.3 Å². The molecule has 0 bridgehead atoms. The molecule has 0 radical (unpaired) electrons. The fourth-order valence-corrected chi connectivity index (χ4v) is 2.93. The van der Waals surface area contributed by atoms with Crippen molar-refractivity contribution in [2.24, 2.45) is 0 Å². The van der Waals surface area contributed by atoms with Gasteiger partial charge in [0.2, 0.25) is 0 Å². The van der Waals surface area contributed by atoms with E-state index in [0.29, 0.717) is 30.2 Å². The highest BCUT2D eigenvalue weighted by Crippen LogP contribution is 2.29. The van der Waals surface area contributed by atoms with Gasteiger partial charge in [0.15, 0.2) is 5.76 Å². The van der Waals surface area contributed by atoms with Crippen molar-refractivity contribution in [3.63, 3.8) is 0 Å². The summed E-state index contributed by atoms with van der Waals surface area (Å²) in [5.74, 6) is 0.719. The second-order valence-electron chi connectivity index (χ2n) is 5.41. The number of furan rings is 2. The Morgan fingerprint density at radius 1 is 1.38 bits per heavy atom. The fraction of sp³-hybridized carbons (Fsp3) is 0.222. The van der Waals surface area contributed by atoms with E-state index in [0.717, 1.165) is 15.4 Å². The van der Waals surface area contributed by atoms with Crippen LogP contribution in [0.5, 0.6) is 0 Å². The van der Waals surface area contributed by atoms with Crippen molar-refractivity contribution < 1.29 is 13.6 Å². The summed E-state index contributed by atoms with van der Waals surface area (Å²) in [6.07, 6.45) is 1.81. The number of hydrogen-bond donors (Lipinski definition) is 0. The van der Waals surface area contributed by atoms with E-state index in [1.54, 1.807) is 23.3 Å².